The maximum Gasteiger partial charge on any atom is 0.203 e. The van der Waals surface area contributed by atoms with Gasteiger partial charge in [-0.15, -0.1) is 0 Å². The molecular formula is C29H30ClNO7. The highest BCUT2D eigenvalue weighted by Crippen LogP contribution is 2.39. The first-order valence-corrected chi connectivity index (χ1v) is 11.8. The Balaban J connectivity index is 1.89. The number of hydrogen-bond acceptors (Lipinski definition) is 8. The van der Waals surface area contributed by atoms with Crippen LogP contribution in [0.1, 0.15) is 21.5 Å². The summed E-state index contributed by atoms with van der Waals surface area (Å²) in [6, 6.07) is 12.2. The first-order chi connectivity index (χ1) is 18.4. The molecule has 0 aliphatic rings. The van der Waals surface area contributed by atoms with E-state index >= 15 is 0 Å². The Morgan fingerprint density at radius 3 is 1.92 bits per heavy atom. The number of anilines is 1. The van der Waals surface area contributed by atoms with E-state index in [0.29, 0.717) is 50.8 Å². The largest absolute Gasteiger partial charge is 0.495 e. The van der Waals surface area contributed by atoms with Crippen LogP contribution >= 0.6 is 11.6 Å². The Labute approximate surface area is 227 Å². The van der Waals surface area contributed by atoms with Crippen LogP contribution in [0, 0.1) is 0 Å². The molecule has 0 aromatic heterocycles. The Hall–Kier alpha value is -4.30. The third-order valence-electron chi connectivity index (χ3n) is 5.61. The number of hydrogen-bond donors (Lipinski definition) is 1. The second-order valence-corrected chi connectivity index (χ2v) is 8.18. The summed E-state index contributed by atoms with van der Waals surface area (Å²) in [4.78, 5) is 12.7. The number of halogens is 1. The molecule has 0 radical (unpaired) electrons. The van der Waals surface area contributed by atoms with Gasteiger partial charge in [0.1, 0.15) is 5.75 Å². The van der Waals surface area contributed by atoms with E-state index in [1.54, 1.807) is 57.9 Å². The van der Waals surface area contributed by atoms with Gasteiger partial charge in [-0.2, -0.15) is 0 Å². The Morgan fingerprint density at radius 2 is 1.34 bits per heavy atom. The number of rotatable bonds is 12. The molecule has 8 nitrogen and oxygen atoms in total. The van der Waals surface area contributed by atoms with E-state index in [-0.39, 0.29) is 5.78 Å². The van der Waals surface area contributed by atoms with E-state index in [4.69, 9.17) is 40.0 Å². The van der Waals surface area contributed by atoms with Crippen LogP contribution in [0.25, 0.3) is 12.2 Å². The summed E-state index contributed by atoms with van der Waals surface area (Å²) < 4.78 is 32.2. The molecule has 0 aliphatic heterocycles. The number of benzene rings is 3. The third-order valence-corrected chi connectivity index (χ3v) is 5.90. The van der Waals surface area contributed by atoms with Crippen LogP contribution in [-0.2, 0) is 0 Å². The number of carbonyl (C=O) groups excluding carboxylic acids is 1. The molecular weight excluding hydrogens is 510 g/mol. The molecule has 0 amide bonds. The van der Waals surface area contributed by atoms with Crippen molar-refractivity contribution in [2.24, 2.45) is 0 Å². The van der Waals surface area contributed by atoms with Gasteiger partial charge < -0.3 is 33.7 Å². The minimum atomic E-state index is -0.214. The first-order valence-electron chi connectivity index (χ1n) is 11.4. The SMILES string of the molecule is COc1cc(N/C=C\C(=O)c2ccc(OC)c(OC)c2)c(/C=C\c2cc(OC)c(OC)c(OC)c2)cc1Cl. The van der Waals surface area contributed by atoms with Gasteiger partial charge in [0.15, 0.2) is 28.8 Å². The van der Waals surface area contributed by atoms with E-state index in [0.717, 1.165) is 11.1 Å². The van der Waals surface area contributed by atoms with E-state index in [1.165, 1.54) is 27.4 Å². The summed E-state index contributed by atoms with van der Waals surface area (Å²) in [5, 5.41) is 3.59. The van der Waals surface area contributed by atoms with Crippen molar-refractivity contribution in [3.05, 3.63) is 76.5 Å². The van der Waals surface area contributed by atoms with E-state index in [2.05, 4.69) is 5.32 Å². The van der Waals surface area contributed by atoms with Gasteiger partial charge in [0, 0.05) is 29.6 Å². The molecule has 0 saturated heterocycles. The first kappa shape index (κ1) is 28.3. The minimum Gasteiger partial charge on any atom is -0.495 e. The molecule has 0 aliphatic carbocycles. The fourth-order valence-electron chi connectivity index (χ4n) is 3.66. The molecule has 200 valence electrons. The highest BCUT2D eigenvalue weighted by atomic mass is 35.5. The average molecular weight is 540 g/mol. The van der Waals surface area contributed by atoms with Crippen LogP contribution in [-0.4, -0.2) is 48.4 Å². The second-order valence-electron chi connectivity index (χ2n) is 7.78. The van der Waals surface area contributed by atoms with Gasteiger partial charge in [-0.3, -0.25) is 4.79 Å². The van der Waals surface area contributed by atoms with Crippen LogP contribution in [0.4, 0.5) is 5.69 Å². The van der Waals surface area contributed by atoms with Gasteiger partial charge in [0.05, 0.1) is 47.7 Å². The zero-order valence-electron chi connectivity index (χ0n) is 22.1. The summed E-state index contributed by atoms with van der Waals surface area (Å²) in [5.41, 5.74) is 2.70. The standard InChI is InChI=1S/C29H30ClNO7/c1-33-24-10-9-20(16-26(24)35-3)23(32)11-12-31-22-17-25(34-2)21(30)15-19(22)8-7-18-13-27(36-4)29(38-6)28(14-18)37-5/h7-17,31H,1-6H3/b8-7-,12-11-. The van der Waals surface area contributed by atoms with E-state index in [1.807, 2.05) is 24.3 Å². The summed E-state index contributed by atoms with van der Waals surface area (Å²) in [7, 11) is 9.27. The normalized spacial score (nSPS) is 10.9. The number of ketones is 1. The Bertz CT molecular complexity index is 1330. The van der Waals surface area contributed by atoms with Crippen molar-refractivity contribution in [2.75, 3.05) is 48.0 Å². The fourth-order valence-corrected chi connectivity index (χ4v) is 3.91. The molecule has 3 aromatic carbocycles. The lowest BCUT2D eigenvalue weighted by Crippen LogP contribution is -1.99. The third kappa shape index (κ3) is 6.52. The fraction of sp³-hybridized carbons (Fsp3) is 0.207. The van der Waals surface area contributed by atoms with Crippen molar-refractivity contribution in [3.8, 4) is 34.5 Å². The molecule has 0 saturated carbocycles. The zero-order valence-corrected chi connectivity index (χ0v) is 22.8. The van der Waals surface area contributed by atoms with Gasteiger partial charge >= 0.3 is 0 Å². The van der Waals surface area contributed by atoms with Crippen LogP contribution in [0.2, 0.25) is 5.02 Å². The highest BCUT2D eigenvalue weighted by Gasteiger charge is 2.13. The van der Waals surface area contributed by atoms with Crippen molar-refractivity contribution >= 4 is 35.2 Å². The summed E-state index contributed by atoms with van der Waals surface area (Å²) in [5.74, 6) is 2.87. The van der Waals surface area contributed by atoms with Crippen LogP contribution in [0.3, 0.4) is 0 Å². The maximum atomic E-state index is 12.7. The van der Waals surface area contributed by atoms with Crippen LogP contribution < -0.4 is 33.7 Å². The number of ether oxygens (including phenoxy) is 6. The Morgan fingerprint density at radius 1 is 0.711 bits per heavy atom. The lowest BCUT2D eigenvalue weighted by Gasteiger charge is -2.13. The molecule has 38 heavy (non-hydrogen) atoms. The van der Waals surface area contributed by atoms with Gasteiger partial charge in [0.25, 0.3) is 0 Å². The second kappa shape index (κ2) is 13.3. The Kier molecular flexibility index (Phi) is 9.90. The van der Waals surface area contributed by atoms with Crippen molar-refractivity contribution < 1.29 is 33.2 Å². The van der Waals surface area contributed by atoms with Crippen molar-refractivity contribution in [3.63, 3.8) is 0 Å². The molecule has 0 unspecified atom stereocenters. The lowest BCUT2D eigenvalue weighted by atomic mass is 10.1. The summed E-state index contributed by atoms with van der Waals surface area (Å²) >= 11 is 6.40. The van der Waals surface area contributed by atoms with Gasteiger partial charge in [-0.05, 0) is 47.5 Å². The zero-order chi connectivity index (χ0) is 27.7. The number of allylic oxidation sites excluding steroid dienone is 1. The van der Waals surface area contributed by atoms with Gasteiger partial charge in [-0.1, -0.05) is 23.8 Å². The molecule has 9 heteroatoms. The van der Waals surface area contributed by atoms with Gasteiger partial charge in [0.2, 0.25) is 5.75 Å². The van der Waals surface area contributed by atoms with E-state index < -0.39 is 0 Å². The molecule has 0 spiro atoms. The topological polar surface area (TPSA) is 84.5 Å². The molecule has 0 heterocycles. The molecule has 1 N–H and O–H groups in total. The monoisotopic (exact) mass is 539 g/mol. The molecule has 3 aromatic rings. The van der Waals surface area contributed by atoms with Crippen molar-refractivity contribution in [2.45, 2.75) is 0 Å². The molecule has 0 fully saturated rings. The average Bonchev–Trinajstić information content (AvgIpc) is 2.95. The number of methoxy groups -OCH3 is 6. The molecule has 0 bridgehead atoms. The lowest BCUT2D eigenvalue weighted by molar-refractivity contribution is 0.104. The van der Waals surface area contributed by atoms with Crippen molar-refractivity contribution in [1.82, 2.24) is 0 Å². The molecule has 3 rings (SSSR count). The van der Waals surface area contributed by atoms with Crippen LogP contribution in [0.5, 0.6) is 34.5 Å². The quantitative estimate of drug-likeness (QED) is 0.161. The van der Waals surface area contributed by atoms with Gasteiger partial charge in [-0.25, -0.2) is 0 Å². The number of nitrogens with one attached hydrogen (secondary N) is 1. The maximum absolute atomic E-state index is 12.7. The summed E-state index contributed by atoms with van der Waals surface area (Å²) in [6.45, 7) is 0. The van der Waals surface area contributed by atoms with E-state index in [9.17, 15) is 4.79 Å². The highest BCUT2D eigenvalue weighted by molar-refractivity contribution is 6.32. The molecule has 0 atom stereocenters. The minimum absolute atomic E-state index is 0.214. The predicted molar refractivity (Wildman–Crippen MR) is 150 cm³/mol. The number of carbonyl (C=O) groups is 1. The predicted octanol–water partition coefficient (Wildman–Crippen LogP) is 6.37. The summed E-state index contributed by atoms with van der Waals surface area (Å²) in [6.07, 6.45) is 6.73. The van der Waals surface area contributed by atoms with Crippen molar-refractivity contribution in [1.29, 1.82) is 0 Å². The smallest absolute Gasteiger partial charge is 0.203 e. The van der Waals surface area contributed by atoms with Crippen LogP contribution in [0.15, 0.2) is 54.7 Å².